The van der Waals surface area contributed by atoms with Gasteiger partial charge < -0.3 is 14.6 Å². The van der Waals surface area contributed by atoms with Gasteiger partial charge in [-0.2, -0.15) is 0 Å². The highest BCUT2D eigenvalue weighted by molar-refractivity contribution is 5.91. The Morgan fingerprint density at radius 2 is 2.15 bits per heavy atom. The van der Waals surface area contributed by atoms with Crippen molar-refractivity contribution in [3.8, 4) is 5.75 Å². The zero-order chi connectivity index (χ0) is 14.9. The van der Waals surface area contributed by atoms with Crippen LogP contribution in [0.2, 0.25) is 0 Å². The molecule has 20 heavy (non-hydrogen) atoms. The summed E-state index contributed by atoms with van der Waals surface area (Å²) in [7, 11) is 0. The molecule has 1 aromatic carbocycles. The summed E-state index contributed by atoms with van der Waals surface area (Å²) in [6.45, 7) is 9.11. The summed E-state index contributed by atoms with van der Waals surface area (Å²) in [6.07, 6.45) is -0.245. The number of esters is 1. The van der Waals surface area contributed by atoms with Crippen LogP contribution in [0.5, 0.6) is 5.75 Å². The van der Waals surface area contributed by atoms with E-state index in [0.717, 1.165) is 5.56 Å². The second-order valence-electron chi connectivity index (χ2n) is 5.59. The van der Waals surface area contributed by atoms with Gasteiger partial charge in [0, 0.05) is 5.56 Å². The Morgan fingerprint density at radius 1 is 1.50 bits per heavy atom. The van der Waals surface area contributed by atoms with Gasteiger partial charge in [-0.15, -0.1) is 0 Å². The summed E-state index contributed by atoms with van der Waals surface area (Å²) >= 11 is 0. The van der Waals surface area contributed by atoms with Crippen LogP contribution in [-0.4, -0.2) is 29.4 Å². The fourth-order valence-corrected chi connectivity index (χ4v) is 2.39. The van der Waals surface area contributed by atoms with Gasteiger partial charge in [-0.25, -0.2) is 0 Å². The fourth-order valence-electron chi connectivity index (χ4n) is 2.39. The van der Waals surface area contributed by atoms with E-state index in [-0.39, 0.29) is 12.7 Å². The molecule has 4 heteroatoms. The molecule has 0 amide bonds. The van der Waals surface area contributed by atoms with E-state index in [9.17, 15) is 9.90 Å². The first-order chi connectivity index (χ1) is 9.33. The van der Waals surface area contributed by atoms with Crippen molar-refractivity contribution >= 4 is 11.5 Å². The van der Waals surface area contributed by atoms with Crippen molar-refractivity contribution in [3.63, 3.8) is 0 Å². The van der Waals surface area contributed by atoms with Gasteiger partial charge in [-0.3, -0.25) is 4.79 Å². The summed E-state index contributed by atoms with van der Waals surface area (Å²) in [5, 5.41) is 10.6. The van der Waals surface area contributed by atoms with Gasteiger partial charge in [0.2, 0.25) is 0 Å². The molecule has 0 saturated carbocycles. The first-order valence-corrected chi connectivity index (χ1v) is 6.67. The molecule has 108 valence electrons. The summed E-state index contributed by atoms with van der Waals surface area (Å²) < 4.78 is 10.9. The Labute approximate surface area is 119 Å². The number of aliphatic hydroxyl groups is 1. The predicted octanol–water partition coefficient (Wildman–Crippen LogP) is 2.41. The average molecular weight is 276 g/mol. The van der Waals surface area contributed by atoms with Crippen LogP contribution in [0.1, 0.15) is 26.3 Å². The molecule has 0 fully saturated rings. The first-order valence-electron chi connectivity index (χ1n) is 6.67. The van der Waals surface area contributed by atoms with Gasteiger partial charge in [0.1, 0.15) is 23.9 Å². The SMILES string of the molecule is C=C1c2ccccc2OCC(C)(O)C1C(=O)OC(C)C. The number of fused-ring (bicyclic) bond motifs is 1. The Morgan fingerprint density at radius 3 is 2.80 bits per heavy atom. The van der Waals surface area contributed by atoms with Crippen molar-refractivity contribution in [1.29, 1.82) is 0 Å². The molecule has 0 saturated heterocycles. The largest absolute Gasteiger partial charge is 0.490 e. The summed E-state index contributed by atoms with van der Waals surface area (Å²) in [5.41, 5.74) is -0.105. The van der Waals surface area contributed by atoms with Crippen molar-refractivity contribution < 1.29 is 19.4 Å². The third kappa shape index (κ3) is 2.70. The lowest BCUT2D eigenvalue weighted by Gasteiger charge is -2.30. The van der Waals surface area contributed by atoms with Gasteiger partial charge in [0.25, 0.3) is 0 Å². The lowest BCUT2D eigenvalue weighted by molar-refractivity contribution is -0.158. The lowest BCUT2D eigenvalue weighted by atomic mass is 9.82. The second kappa shape index (κ2) is 5.29. The van der Waals surface area contributed by atoms with E-state index in [1.54, 1.807) is 26.8 Å². The molecule has 2 rings (SSSR count). The number of rotatable bonds is 2. The van der Waals surface area contributed by atoms with Crippen LogP contribution < -0.4 is 4.74 Å². The first kappa shape index (κ1) is 14.6. The van der Waals surface area contributed by atoms with E-state index in [4.69, 9.17) is 9.47 Å². The van der Waals surface area contributed by atoms with Gasteiger partial charge in [0.15, 0.2) is 0 Å². The van der Waals surface area contributed by atoms with Crippen LogP contribution >= 0.6 is 0 Å². The van der Waals surface area contributed by atoms with Crippen molar-refractivity contribution in [1.82, 2.24) is 0 Å². The topological polar surface area (TPSA) is 55.8 Å². The van der Waals surface area contributed by atoms with E-state index < -0.39 is 17.5 Å². The summed E-state index contributed by atoms with van der Waals surface area (Å²) in [5.74, 6) is -0.693. The predicted molar refractivity (Wildman–Crippen MR) is 76.3 cm³/mol. The Bertz CT molecular complexity index is 531. The third-order valence-corrected chi connectivity index (χ3v) is 3.31. The molecule has 0 aliphatic carbocycles. The highest BCUT2D eigenvalue weighted by Crippen LogP contribution is 2.39. The molecule has 4 nitrogen and oxygen atoms in total. The average Bonchev–Trinajstić information content (AvgIpc) is 2.44. The van der Waals surface area contributed by atoms with Crippen LogP contribution in [0.3, 0.4) is 0 Å². The molecule has 2 unspecified atom stereocenters. The molecule has 1 N–H and O–H groups in total. The Kier molecular flexibility index (Phi) is 3.86. The Balaban J connectivity index is 2.42. The second-order valence-corrected chi connectivity index (χ2v) is 5.59. The molecule has 0 aromatic heterocycles. The minimum absolute atomic E-state index is 0.0148. The van der Waals surface area contributed by atoms with Crippen LogP contribution in [0.15, 0.2) is 30.8 Å². The summed E-state index contributed by atoms with van der Waals surface area (Å²) in [6, 6.07) is 7.31. The lowest BCUT2D eigenvalue weighted by Crippen LogP contribution is -2.45. The van der Waals surface area contributed by atoms with E-state index in [1.807, 2.05) is 18.2 Å². The number of carbonyl (C=O) groups excluding carboxylic acids is 1. The zero-order valence-corrected chi connectivity index (χ0v) is 12.1. The normalized spacial score (nSPS) is 25.6. The number of ether oxygens (including phenoxy) is 2. The minimum Gasteiger partial charge on any atom is -0.490 e. The van der Waals surface area contributed by atoms with E-state index >= 15 is 0 Å². The minimum atomic E-state index is -1.36. The van der Waals surface area contributed by atoms with Crippen molar-refractivity contribution in [2.24, 2.45) is 5.92 Å². The molecule has 0 spiro atoms. The van der Waals surface area contributed by atoms with Gasteiger partial charge in [-0.1, -0.05) is 24.8 Å². The van der Waals surface area contributed by atoms with Crippen LogP contribution in [-0.2, 0) is 9.53 Å². The standard InChI is InChI=1S/C16H20O4/c1-10(2)20-15(17)14-11(3)12-7-5-6-8-13(12)19-9-16(14,4)18/h5-8,10,14,18H,3,9H2,1-2,4H3. The monoisotopic (exact) mass is 276 g/mol. The Hall–Kier alpha value is -1.81. The maximum atomic E-state index is 12.3. The maximum absolute atomic E-state index is 12.3. The molecule has 1 aromatic rings. The van der Waals surface area contributed by atoms with Crippen LogP contribution in [0.4, 0.5) is 0 Å². The molecular formula is C16H20O4. The zero-order valence-electron chi connectivity index (χ0n) is 12.1. The molecule has 1 aliphatic rings. The molecule has 0 bridgehead atoms. The number of hydrogen-bond acceptors (Lipinski definition) is 4. The highest BCUT2D eigenvalue weighted by atomic mass is 16.5. The van der Waals surface area contributed by atoms with Crippen LogP contribution in [0.25, 0.3) is 5.57 Å². The molecule has 1 heterocycles. The van der Waals surface area contributed by atoms with Crippen molar-refractivity contribution in [3.05, 3.63) is 36.4 Å². The summed E-state index contributed by atoms with van der Waals surface area (Å²) in [4.78, 5) is 12.3. The molecule has 2 atom stereocenters. The maximum Gasteiger partial charge on any atom is 0.316 e. The fraction of sp³-hybridized carbons (Fsp3) is 0.438. The number of para-hydroxylation sites is 1. The number of hydrogen-bond donors (Lipinski definition) is 1. The van der Waals surface area contributed by atoms with Crippen LogP contribution in [0, 0.1) is 5.92 Å². The van der Waals surface area contributed by atoms with E-state index in [1.165, 1.54) is 0 Å². The van der Waals surface area contributed by atoms with Crippen molar-refractivity contribution in [2.45, 2.75) is 32.5 Å². The molecular weight excluding hydrogens is 256 g/mol. The highest BCUT2D eigenvalue weighted by Gasteiger charge is 2.44. The smallest absolute Gasteiger partial charge is 0.316 e. The van der Waals surface area contributed by atoms with Crippen molar-refractivity contribution in [2.75, 3.05) is 6.61 Å². The van der Waals surface area contributed by atoms with E-state index in [2.05, 4.69) is 6.58 Å². The molecule has 1 aliphatic heterocycles. The van der Waals surface area contributed by atoms with E-state index in [0.29, 0.717) is 11.3 Å². The third-order valence-electron chi connectivity index (χ3n) is 3.31. The number of benzene rings is 1. The quantitative estimate of drug-likeness (QED) is 0.843. The number of carbonyl (C=O) groups is 1. The van der Waals surface area contributed by atoms with Gasteiger partial charge >= 0.3 is 5.97 Å². The van der Waals surface area contributed by atoms with Gasteiger partial charge in [-0.05, 0) is 32.4 Å². The molecule has 0 radical (unpaired) electrons. The van der Waals surface area contributed by atoms with Gasteiger partial charge in [0.05, 0.1) is 6.10 Å².